The third kappa shape index (κ3) is 1.46. The fourth-order valence-electron chi connectivity index (χ4n) is 2.01. The summed E-state index contributed by atoms with van der Waals surface area (Å²) in [6, 6.07) is 5.56. The molecule has 0 unspecified atom stereocenters. The van der Waals surface area contributed by atoms with E-state index in [0.717, 1.165) is 22.3 Å². The molecule has 6 heteroatoms. The van der Waals surface area contributed by atoms with Crippen molar-refractivity contribution in [3.8, 4) is 11.3 Å². The molecule has 0 fully saturated rings. The topological polar surface area (TPSA) is 89.8 Å². The van der Waals surface area contributed by atoms with Crippen LogP contribution >= 0.6 is 0 Å². The van der Waals surface area contributed by atoms with Gasteiger partial charge >= 0.3 is 5.76 Å². The highest BCUT2D eigenvalue weighted by Crippen LogP contribution is 2.24. The summed E-state index contributed by atoms with van der Waals surface area (Å²) in [4.78, 5) is 11.4. The number of nitrogens with two attached hydrogens (primary N) is 1. The van der Waals surface area contributed by atoms with Gasteiger partial charge in [0.05, 0.1) is 17.4 Å². The van der Waals surface area contributed by atoms with Crippen molar-refractivity contribution in [2.24, 2.45) is 12.8 Å². The molecule has 2 heterocycles. The van der Waals surface area contributed by atoms with Crippen LogP contribution in [0.3, 0.4) is 0 Å². The molecule has 3 N–H and O–H groups in total. The second-order valence-electron chi connectivity index (χ2n) is 4.08. The Bertz CT molecular complexity index is 766. The number of oxazole rings is 1. The normalized spacial score (nSPS) is 11.2. The van der Waals surface area contributed by atoms with E-state index in [-0.39, 0.29) is 5.76 Å². The maximum absolute atomic E-state index is 11.4. The van der Waals surface area contributed by atoms with Gasteiger partial charge in [-0.1, -0.05) is 6.07 Å². The number of aromatic amines is 1. The molecule has 0 saturated heterocycles. The van der Waals surface area contributed by atoms with E-state index in [9.17, 15) is 4.79 Å². The van der Waals surface area contributed by atoms with Crippen LogP contribution in [0.2, 0.25) is 0 Å². The van der Waals surface area contributed by atoms with E-state index in [1.807, 2.05) is 18.2 Å². The van der Waals surface area contributed by atoms with Gasteiger partial charge in [0, 0.05) is 24.7 Å². The molecule has 0 spiro atoms. The summed E-state index contributed by atoms with van der Waals surface area (Å²) in [7, 11) is 1.68. The average Bonchev–Trinajstić information content (AvgIpc) is 2.95. The highest BCUT2D eigenvalue weighted by molar-refractivity contribution is 5.80. The van der Waals surface area contributed by atoms with Crippen LogP contribution in [0.4, 0.5) is 0 Å². The minimum Gasteiger partial charge on any atom is -0.408 e. The van der Waals surface area contributed by atoms with Gasteiger partial charge in [-0.25, -0.2) is 4.79 Å². The van der Waals surface area contributed by atoms with Gasteiger partial charge in [-0.3, -0.25) is 9.67 Å². The summed E-state index contributed by atoms with van der Waals surface area (Å²) in [5.41, 5.74) is 9.63. The number of benzene rings is 1. The Morgan fingerprint density at radius 1 is 1.50 bits per heavy atom. The van der Waals surface area contributed by atoms with Crippen molar-refractivity contribution >= 4 is 11.1 Å². The zero-order chi connectivity index (χ0) is 12.7. The Morgan fingerprint density at radius 2 is 2.33 bits per heavy atom. The van der Waals surface area contributed by atoms with Crippen LogP contribution in [0.1, 0.15) is 5.56 Å². The zero-order valence-electron chi connectivity index (χ0n) is 9.80. The third-order valence-electron chi connectivity index (χ3n) is 3.02. The summed E-state index contributed by atoms with van der Waals surface area (Å²) >= 11 is 0. The minimum atomic E-state index is -0.370. The van der Waals surface area contributed by atoms with Gasteiger partial charge < -0.3 is 10.2 Å². The fourth-order valence-corrected chi connectivity index (χ4v) is 2.01. The molecule has 0 atom stereocenters. The molecule has 0 saturated carbocycles. The van der Waals surface area contributed by atoms with Crippen LogP contribution in [-0.4, -0.2) is 14.8 Å². The number of aromatic nitrogens is 3. The number of H-pyrrole nitrogens is 1. The van der Waals surface area contributed by atoms with Gasteiger partial charge in [0.2, 0.25) is 0 Å². The van der Waals surface area contributed by atoms with Gasteiger partial charge in [0.15, 0.2) is 5.58 Å². The molecule has 1 aromatic carbocycles. The molecule has 3 rings (SSSR count). The van der Waals surface area contributed by atoms with Crippen molar-refractivity contribution in [2.75, 3.05) is 0 Å². The van der Waals surface area contributed by atoms with Crippen molar-refractivity contribution in [2.45, 2.75) is 6.54 Å². The first-order valence-electron chi connectivity index (χ1n) is 5.53. The summed E-state index contributed by atoms with van der Waals surface area (Å²) in [5.74, 6) is -0.370. The first kappa shape index (κ1) is 10.8. The van der Waals surface area contributed by atoms with Crippen LogP contribution in [0, 0.1) is 0 Å². The Hall–Kier alpha value is -2.34. The SMILES string of the molecule is Cn1c(=O)oc2cc(-c3[nH]ncc3CN)ccc21. The smallest absolute Gasteiger partial charge is 0.408 e. The molecular formula is C12H12N4O2. The molecular weight excluding hydrogens is 232 g/mol. The first-order chi connectivity index (χ1) is 8.70. The van der Waals surface area contributed by atoms with Gasteiger partial charge in [0.1, 0.15) is 0 Å². The average molecular weight is 244 g/mol. The predicted molar refractivity (Wildman–Crippen MR) is 66.9 cm³/mol. The second kappa shape index (κ2) is 3.85. The third-order valence-corrected chi connectivity index (χ3v) is 3.02. The second-order valence-corrected chi connectivity index (χ2v) is 4.08. The van der Waals surface area contributed by atoms with E-state index in [4.69, 9.17) is 10.2 Å². The maximum atomic E-state index is 11.4. The van der Waals surface area contributed by atoms with Crippen LogP contribution < -0.4 is 11.5 Å². The molecule has 0 aliphatic rings. The lowest BCUT2D eigenvalue weighted by atomic mass is 10.1. The lowest BCUT2D eigenvalue weighted by Crippen LogP contribution is -2.08. The predicted octanol–water partition coefficient (Wildman–Crippen LogP) is 0.980. The molecule has 2 aromatic heterocycles. The molecule has 0 amide bonds. The fraction of sp³-hybridized carbons (Fsp3) is 0.167. The summed E-state index contributed by atoms with van der Waals surface area (Å²) in [6.45, 7) is 0.405. The number of fused-ring (bicyclic) bond motifs is 1. The van der Waals surface area contributed by atoms with Gasteiger partial charge in [0.25, 0.3) is 0 Å². The number of rotatable bonds is 2. The molecule has 0 bridgehead atoms. The quantitative estimate of drug-likeness (QED) is 0.703. The molecule has 3 aromatic rings. The minimum absolute atomic E-state index is 0.370. The first-order valence-corrected chi connectivity index (χ1v) is 5.53. The van der Waals surface area contributed by atoms with Crippen molar-refractivity contribution in [3.05, 3.63) is 40.5 Å². The Labute approximate surface area is 102 Å². The van der Waals surface area contributed by atoms with E-state index in [2.05, 4.69) is 10.2 Å². The van der Waals surface area contributed by atoms with Crippen molar-refractivity contribution in [1.29, 1.82) is 0 Å². The molecule has 6 nitrogen and oxygen atoms in total. The Morgan fingerprint density at radius 3 is 3.11 bits per heavy atom. The number of nitrogens with one attached hydrogen (secondary N) is 1. The molecule has 18 heavy (non-hydrogen) atoms. The summed E-state index contributed by atoms with van der Waals surface area (Å²) < 4.78 is 6.62. The summed E-state index contributed by atoms with van der Waals surface area (Å²) in [6.07, 6.45) is 1.70. The number of hydrogen-bond donors (Lipinski definition) is 2. The summed E-state index contributed by atoms with van der Waals surface area (Å²) in [5, 5.41) is 6.87. The number of hydrogen-bond acceptors (Lipinski definition) is 4. The van der Waals surface area contributed by atoms with Crippen LogP contribution in [0.5, 0.6) is 0 Å². The lowest BCUT2D eigenvalue weighted by Gasteiger charge is -2.01. The van der Waals surface area contributed by atoms with E-state index in [1.165, 1.54) is 4.57 Å². The van der Waals surface area contributed by atoms with E-state index < -0.39 is 0 Å². The van der Waals surface area contributed by atoms with Crippen LogP contribution in [0.25, 0.3) is 22.4 Å². The zero-order valence-corrected chi connectivity index (χ0v) is 9.80. The molecule has 0 aliphatic heterocycles. The largest absolute Gasteiger partial charge is 0.419 e. The maximum Gasteiger partial charge on any atom is 0.419 e. The molecule has 0 aliphatic carbocycles. The Kier molecular flexibility index (Phi) is 2.31. The van der Waals surface area contributed by atoms with Gasteiger partial charge in [-0.05, 0) is 12.1 Å². The van der Waals surface area contributed by atoms with Gasteiger partial charge in [-0.15, -0.1) is 0 Å². The van der Waals surface area contributed by atoms with Crippen molar-refractivity contribution < 1.29 is 4.42 Å². The van der Waals surface area contributed by atoms with Crippen molar-refractivity contribution in [1.82, 2.24) is 14.8 Å². The highest BCUT2D eigenvalue weighted by atomic mass is 16.4. The Balaban J connectivity index is 2.22. The van der Waals surface area contributed by atoms with Crippen LogP contribution in [0.15, 0.2) is 33.6 Å². The van der Waals surface area contributed by atoms with E-state index >= 15 is 0 Å². The van der Waals surface area contributed by atoms with Crippen LogP contribution in [-0.2, 0) is 13.6 Å². The monoisotopic (exact) mass is 244 g/mol. The lowest BCUT2D eigenvalue weighted by molar-refractivity contribution is 0.528. The highest BCUT2D eigenvalue weighted by Gasteiger charge is 2.10. The molecule has 0 radical (unpaired) electrons. The number of aryl methyl sites for hydroxylation is 1. The van der Waals surface area contributed by atoms with Crippen molar-refractivity contribution in [3.63, 3.8) is 0 Å². The molecule has 92 valence electrons. The van der Waals surface area contributed by atoms with E-state index in [1.54, 1.807) is 13.2 Å². The van der Waals surface area contributed by atoms with Gasteiger partial charge in [-0.2, -0.15) is 5.10 Å². The van der Waals surface area contributed by atoms with E-state index in [0.29, 0.717) is 12.1 Å². The standard InChI is InChI=1S/C12H12N4O2/c1-16-9-3-2-7(4-10(9)18-12(16)17)11-8(5-13)6-14-15-11/h2-4,6H,5,13H2,1H3,(H,14,15). The number of nitrogens with zero attached hydrogens (tertiary/aromatic N) is 2.